The number of rotatable bonds is 4. The van der Waals surface area contributed by atoms with E-state index in [1.165, 1.54) is 0 Å². The number of piperidine rings is 1. The molecule has 1 unspecified atom stereocenters. The van der Waals surface area contributed by atoms with Crippen molar-refractivity contribution in [3.05, 3.63) is 28.7 Å². The van der Waals surface area contributed by atoms with Gasteiger partial charge in [-0.2, -0.15) is 0 Å². The summed E-state index contributed by atoms with van der Waals surface area (Å²) in [5.41, 5.74) is 0.0631. The summed E-state index contributed by atoms with van der Waals surface area (Å²) in [6, 6.07) is 6.52. The molecule has 154 valence electrons. The Morgan fingerprint density at radius 2 is 1.89 bits per heavy atom. The van der Waals surface area contributed by atoms with Gasteiger partial charge in [-0.15, -0.1) is 0 Å². The highest BCUT2D eigenvalue weighted by Gasteiger charge is 2.26. The fourth-order valence-corrected chi connectivity index (χ4v) is 3.04. The summed E-state index contributed by atoms with van der Waals surface area (Å²) in [5.74, 6) is -0.193. The van der Waals surface area contributed by atoms with Crippen molar-refractivity contribution < 1.29 is 19.1 Å². The number of nitrogens with zero attached hydrogens (tertiary/aromatic N) is 1. The average molecular weight is 455 g/mol. The predicted octanol–water partition coefficient (Wildman–Crippen LogP) is 3.09. The molecule has 0 aromatic heterocycles. The Morgan fingerprint density at radius 1 is 1.21 bits per heavy atom. The number of carbonyl (C=O) groups is 3. The number of alkyl carbamates (subject to hydrolysis) is 1. The molecule has 1 saturated heterocycles. The van der Waals surface area contributed by atoms with Crippen molar-refractivity contribution in [3.8, 4) is 0 Å². The van der Waals surface area contributed by atoms with E-state index in [0.717, 1.165) is 17.3 Å². The van der Waals surface area contributed by atoms with Crippen LogP contribution in [0.1, 0.15) is 33.6 Å². The number of amides is 4. The maximum Gasteiger partial charge on any atom is 0.407 e. The molecular weight excluding hydrogens is 428 g/mol. The van der Waals surface area contributed by atoms with Crippen molar-refractivity contribution in [1.82, 2.24) is 15.5 Å². The summed E-state index contributed by atoms with van der Waals surface area (Å²) in [6.45, 7) is 6.29. The van der Waals surface area contributed by atoms with E-state index in [1.807, 2.05) is 12.1 Å². The fraction of sp³-hybridized carbons (Fsp3) is 0.526. The van der Waals surface area contributed by atoms with Crippen molar-refractivity contribution in [2.24, 2.45) is 0 Å². The highest BCUT2D eigenvalue weighted by molar-refractivity contribution is 9.10. The topological polar surface area (TPSA) is 99.8 Å². The summed E-state index contributed by atoms with van der Waals surface area (Å²) in [7, 11) is 0. The highest BCUT2D eigenvalue weighted by Crippen LogP contribution is 2.14. The van der Waals surface area contributed by atoms with Crippen molar-refractivity contribution >= 4 is 39.6 Å². The van der Waals surface area contributed by atoms with Crippen LogP contribution in [0, 0.1) is 0 Å². The van der Waals surface area contributed by atoms with Gasteiger partial charge in [0.1, 0.15) is 5.60 Å². The summed E-state index contributed by atoms with van der Waals surface area (Å²) in [4.78, 5) is 37.9. The summed E-state index contributed by atoms with van der Waals surface area (Å²) >= 11 is 3.33. The molecule has 4 amide bonds. The van der Waals surface area contributed by atoms with Crippen molar-refractivity contribution in [3.63, 3.8) is 0 Å². The van der Waals surface area contributed by atoms with Crippen LogP contribution in [0.25, 0.3) is 0 Å². The quantitative estimate of drug-likeness (QED) is 0.650. The second-order valence-electron chi connectivity index (χ2n) is 7.64. The first-order valence-corrected chi connectivity index (χ1v) is 9.99. The van der Waals surface area contributed by atoms with Gasteiger partial charge in [-0.1, -0.05) is 15.9 Å². The van der Waals surface area contributed by atoms with Crippen LogP contribution in [0.5, 0.6) is 0 Å². The van der Waals surface area contributed by atoms with E-state index in [1.54, 1.807) is 37.8 Å². The first-order chi connectivity index (χ1) is 13.1. The van der Waals surface area contributed by atoms with Gasteiger partial charge in [-0.3, -0.25) is 4.79 Å². The lowest BCUT2D eigenvalue weighted by molar-refractivity contribution is -0.131. The Bertz CT molecular complexity index is 703. The van der Waals surface area contributed by atoms with E-state index in [9.17, 15) is 14.4 Å². The Balaban J connectivity index is 1.76. The highest BCUT2D eigenvalue weighted by atomic mass is 79.9. The second-order valence-corrected chi connectivity index (χ2v) is 8.56. The number of halogens is 1. The Hall–Kier alpha value is -2.29. The molecular formula is C19H27BrN4O4. The zero-order valence-electron chi connectivity index (χ0n) is 16.4. The first kappa shape index (κ1) is 22.0. The van der Waals surface area contributed by atoms with Gasteiger partial charge in [0.2, 0.25) is 5.91 Å². The molecule has 1 atom stereocenters. The van der Waals surface area contributed by atoms with Crippen LogP contribution in [-0.4, -0.2) is 54.2 Å². The number of anilines is 1. The number of hydrogen-bond acceptors (Lipinski definition) is 4. The molecule has 0 radical (unpaired) electrons. The SMILES string of the molecule is CC(C)(C)OC(=O)NC1CCCN(C(=O)CNC(=O)Nc2ccc(Br)cc2)C1. The van der Waals surface area contributed by atoms with Crippen LogP contribution in [0.4, 0.5) is 15.3 Å². The van der Waals surface area contributed by atoms with Crippen molar-refractivity contribution in [1.29, 1.82) is 0 Å². The molecule has 2 rings (SSSR count). The molecule has 9 heteroatoms. The third kappa shape index (κ3) is 7.75. The molecule has 1 aromatic rings. The zero-order chi connectivity index (χ0) is 20.7. The van der Waals surface area contributed by atoms with Gasteiger partial charge < -0.3 is 25.6 Å². The zero-order valence-corrected chi connectivity index (χ0v) is 18.0. The van der Waals surface area contributed by atoms with Crippen LogP contribution in [0.15, 0.2) is 28.7 Å². The maximum absolute atomic E-state index is 12.4. The number of nitrogens with one attached hydrogen (secondary N) is 3. The van der Waals surface area contributed by atoms with Gasteiger partial charge in [-0.25, -0.2) is 9.59 Å². The lowest BCUT2D eigenvalue weighted by Crippen LogP contribution is -2.52. The maximum atomic E-state index is 12.4. The third-order valence-electron chi connectivity index (χ3n) is 4.00. The van der Waals surface area contributed by atoms with Gasteiger partial charge in [0, 0.05) is 29.3 Å². The first-order valence-electron chi connectivity index (χ1n) is 9.20. The van der Waals surface area contributed by atoms with Crippen LogP contribution in [0.2, 0.25) is 0 Å². The molecule has 1 aromatic carbocycles. The number of ether oxygens (including phenoxy) is 1. The molecule has 8 nitrogen and oxygen atoms in total. The van der Waals surface area contributed by atoms with Crippen LogP contribution >= 0.6 is 15.9 Å². The Labute approximate surface area is 173 Å². The summed E-state index contributed by atoms with van der Waals surface area (Å²) in [6.07, 6.45) is 1.07. The fourth-order valence-electron chi connectivity index (χ4n) is 2.77. The Kier molecular flexibility index (Phi) is 7.68. The number of urea groups is 1. The molecule has 28 heavy (non-hydrogen) atoms. The van der Waals surface area contributed by atoms with E-state index < -0.39 is 17.7 Å². The second kappa shape index (κ2) is 9.77. The minimum atomic E-state index is -0.569. The third-order valence-corrected chi connectivity index (χ3v) is 4.53. The van der Waals surface area contributed by atoms with Crippen LogP contribution in [-0.2, 0) is 9.53 Å². The number of benzene rings is 1. The average Bonchev–Trinajstić information content (AvgIpc) is 2.60. The van der Waals surface area contributed by atoms with E-state index in [0.29, 0.717) is 18.8 Å². The lowest BCUT2D eigenvalue weighted by Gasteiger charge is -2.33. The van der Waals surface area contributed by atoms with E-state index >= 15 is 0 Å². The summed E-state index contributed by atoms with van der Waals surface area (Å²) < 4.78 is 6.17. The predicted molar refractivity (Wildman–Crippen MR) is 110 cm³/mol. The summed E-state index contributed by atoms with van der Waals surface area (Å²) in [5, 5.41) is 8.04. The Morgan fingerprint density at radius 3 is 2.54 bits per heavy atom. The normalized spacial score (nSPS) is 16.9. The van der Waals surface area contributed by atoms with E-state index in [4.69, 9.17) is 4.74 Å². The van der Waals surface area contributed by atoms with Gasteiger partial charge >= 0.3 is 12.1 Å². The van der Waals surface area contributed by atoms with Crippen molar-refractivity contribution in [2.75, 3.05) is 25.0 Å². The number of carbonyl (C=O) groups excluding carboxylic acids is 3. The largest absolute Gasteiger partial charge is 0.444 e. The standard InChI is InChI=1S/C19H27BrN4O4/c1-19(2,3)28-18(27)23-15-5-4-10-24(12-15)16(25)11-21-17(26)22-14-8-6-13(20)7-9-14/h6-9,15H,4-5,10-12H2,1-3H3,(H,23,27)(H2,21,22,26). The molecule has 1 aliphatic rings. The number of hydrogen-bond donors (Lipinski definition) is 3. The van der Waals surface area contributed by atoms with E-state index in [2.05, 4.69) is 31.9 Å². The molecule has 0 spiro atoms. The van der Waals surface area contributed by atoms with E-state index in [-0.39, 0.29) is 18.5 Å². The van der Waals surface area contributed by atoms with Crippen LogP contribution in [0.3, 0.4) is 0 Å². The smallest absolute Gasteiger partial charge is 0.407 e. The number of likely N-dealkylation sites (tertiary alicyclic amines) is 1. The molecule has 0 saturated carbocycles. The van der Waals surface area contributed by atoms with Crippen molar-refractivity contribution in [2.45, 2.75) is 45.3 Å². The molecule has 1 fully saturated rings. The molecule has 3 N–H and O–H groups in total. The molecule has 0 bridgehead atoms. The minimum Gasteiger partial charge on any atom is -0.444 e. The van der Waals surface area contributed by atoms with Gasteiger partial charge in [0.25, 0.3) is 0 Å². The monoisotopic (exact) mass is 454 g/mol. The molecule has 1 aliphatic heterocycles. The molecule has 0 aliphatic carbocycles. The molecule has 1 heterocycles. The van der Waals surface area contributed by atoms with Gasteiger partial charge in [0.05, 0.1) is 6.54 Å². The van der Waals surface area contributed by atoms with Crippen LogP contribution < -0.4 is 16.0 Å². The van der Waals surface area contributed by atoms with Gasteiger partial charge in [0.15, 0.2) is 0 Å². The lowest BCUT2D eigenvalue weighted by atomic mass is 10.1. The minimum absolute atomic E-state index is 0.110. The van der Waals surface area contributed by atoms with Gasteiger partial charge in [-0.05, 0) is 57.9 Å².